The maximum atomic E-state index is 5.00. The second-order valence-electron chi connectivity index (χ2n) is 15.7. The van der Waals surface area contributed by atoms with E-state index >= 15 is 0 Å². The van der Waals surface area contributed by atoms with Crippen LogP contribution in [0.1, 0.15) is 0 Å². The summed E-state index contributed by atoms with van der Waals surface area (Å²) in [5, 5.41) is 4.91. The Balaban J connectivity index is 0.915. The minimum atomic E-state index is 0.638. The van der Waals surface area contributed by atoms with Crippen molar-refractivity contribution in [2.75, 3.05) is 0 Å². The molecule has 0 amide bonds. The molecule has 62 heavy (non-hydrogen) atoms. The van der Waals surface area contributed by atoms with Gasteiger partial charge in [0.05, 0.1) is 22.1 Å². The molecule has 9 aromatic carbocycles. The van der Waals surface area contributed by atoms with Crippen LogP contribution in [0.15, 0.2) is 224 Å². The Morgan fingerprint density at radius 3 is 1.15 bits per heavy atom. The molecule has 3 aromatic heterocycles. The van der Waals surface area contributed by atoms with Gasteiger partial charge in [-0.05, 0) is 89.0 Å². The van der Waals surface area contributed by atoms with Gasteiger partial charge in [0.1, 0.15) is 0 Å². The molecule has 12 rings (SSSR count). The van der Waals surface area contributed by atoms with Crippen LogP contribution in [-0.2, 0) is 0 Å². The van der Waals surface area contributed by atoms with Crippen LogP contribution in [0.3, 0.4) is 0 Å². The Hall–Kier alpha value is -8.41. The third kappa shape index (κ3) is 6.06. The van der Waals surface area contributed by atoms with E-state index in [-0.39, 0.29) is 0 Å². The van der Waals surface area contributed by atoms with Crippen molar-refractivity contribution in [1.82, 2.24) is 24.1 Å². The van der Waals surface area contributed by atoms with Crippen LogP contribution in [-0.4, -0.2) is 24.1 Å². The highest BCUT2D eigenvalue weighted by atomic mass is 15.0. The lowest BCUT2D eigenvalue weighted by molar-refractivity contribution is 1.07. The molecule has 0 atom stereocenters. The highest BCUT2D eigenvalue weighted by molar-refractivity contribution is 6.11. The standard InChI is InChI=1S/C57H37N5/c1-4-15-39(16-5-1)55-58-56(40-17-6-2-7-18-40)60-57(59-55)44-20-14-19-41(35-44)43-30-34-54-50(37-43)48-24-11-13-26-52(48)62(54)46-31-27-38(28-32-46)42-29-33-53-49(36-42)47-23-10-12-25-51(47)61(53)45-21-8-3-9-22-45/h1-37H. The number of aromatic nitrogens is 5. The normalized spacial score (nSPS) is 11.5. The van der Waals surface area contributed by atoms with Gasteiger partial charge in [-0.15, -0.1) is 0 Å². The number of hydrogen-bond acceptors (Lipinski definition) is 3. The highest BCUT2D eigenvalue weighted by Gasteiger charge is 2.17. The van der Waals surface area contributed by atoms with Crippen LogP contribution in [0.4, 0.5) is 0 Å². The Morgan fingerprint density at radius 1 is 0.226 bits per heavy atom. The fraction of sp³-hybridized carbons (Fsp3) is 0. The summed E-state index contributed by atoms with van der Waals surface area (Å²) in [5.41, 5.74) is 14.5. The zero-order valence-corrected chi connectivity index (χ0v) is 33.6. The smallest absolute Gasteiger partial charge is 0.164 e. The summed E-state index contributed by atoms with van der Waals surface area (Å²) in [5.74, 6) is 1.94. The lowest BCUT2D eigenvalue weighted by atomic mass is 10.0. The van der Waals surface area contributed by atoms with E-state index in [0.29, 0.717) is 17.5 Å². The average molecular weight is 792 g/mol. The summed E-state index contributed by atoms with van der Waals surface area (Å²) < 4.78 is 4.74. The molecule has 0 aliphatic carbocycles. The van der Waals surface area contributed by atoms with Crippen LogP contribution >= 0.6 is 0 Å². The zero-order chi connectivity index (χ0) is 41.0. The van der Waals surface area contributed by atoms with E-state index in [1.54, 1.807) is 0 Å². The van der Waals surface area contributed by atoms with E-state index in [0.717, 1.165) is 44.7 Å². The van der Waals surface area contributed by atoms with Crippen molar-refractivity contribution in [3.63, 3.8) is 0 Å². The maximum absolute atomic E-state index is 5.00. The number of fused-ring (bicyclic) bond motifs is 6. The minimum Gasteiger partial charge on any atom is -0.309 e. The quantitative estimate of drug-likeness (QED) is 0.162. The molecule has 5 heteroatoms. The fourth-order valence-corrected chi connectivity index (χ4v) is 9.02. The van der Waals surface area contributed by atoms with Gasteiger partial charge < -0.3 is 9.13 Å². The maximum Gasteiger partial charge on any atom is 0.164 e. The zero-order valence-electron chi connectivity index (χ0n) is 33.6. The Labute approximate surface area is 358 Å². The van der Waals surface area contributed by atoms with Crippen molar-refractivity contribution in [2.24, 2.45) is 0 Å². The number of para-hydroxylation sites is 3. The Morgan fingerprint density at radius 2 is 0.597 bits per heavy atom. The first-order chi connectivity index (χ1) is 30.7. The molecule has 0 saturated heterocycles. The second kappa shape index (κ2) is 14.7. The van der Waals surface area contributed by atoms with Gasteiger partial charge in [-0.2, -0.15) is 0 Å². The minimum absolute atomic E-state index is 0.638. The molecule has 0 saturated carbocycles. The van der Waals surface area contributed by atoms with E-state index in [2.05, 4.69) is 173 Å². The topological polar surface area (TPSA) is 48.5 Å². The molecule has 0 aliphatic heterocycles. The van der Waals surface area contributed by atoms with Gasteiger partial charge in [0.2, 0.25) is 0 Å². The number of hydrogen-bond donors (Lipinski definition) is 0. The molecule has 0 unspecified atom stereocenters. The summed E-state index contributed by atoms with van der Waals surface area (Å²) in [6.45, 7) is 0. The molecule has 290 valence electrons. The van der Waals surface area contributed by atoms with E-state index < -0.39 is 0 Å². The van der Waals surface area contributed by atoms with Crippen molar-refractivity contribution in [1.29, 1.82) is 0 Å². The summed E-state index contributed by atoms with van der Waals surface area (Å²) in [4.78, 5) is 14.9. The third-order valence-corrected chi connectivity index (χ3v) is 12.0. The van der Waals surface area contributed by atoms with Crippen molar-refractivity contribution in [3.05, 3.63) is 224 Å². The SMILES string of the molecule is c1ccc(-c2nc(-c3ccccc3)nc(-c3cccc(-c4ccc5c(c4)c4ccccc4n5-c4ccc(-c5ccc6c(c5)c5ccccc5n6-c5ccccc5)cc4)c3)n2)cc1. The van der Waals surface area contributed by atoms with Gasteiger partial charge in [-0.1, -0.05) is 158 Å². The van der Waals surface area contributed by atoms with Crippen LogP contribution in [0.5, 0.6) is 0 Å². The predicted octanol–water partition coefficient (Wildman–Crippen LogP) is 14.4. The lowest BCUT2D eigenvalue weighted by Gasteiger charge is -2.11. The Kier molecular flexibility index (Phi) is 8.42. The van der Waals surface area contributed by atoms with Crippen LogP contribution in [0.2, 0.25) is 0 Å². The first-order valence-electron chi connectivity index (χ1n) is 20.9. The molecule has 0 N–H and O–H groups in total. The molecule has 5 nitrogen and oxygen atoms in total. The number of nitrogens with zero attached hydrogens (tertiary/aromatic N) is 5. The molecule has 0 bridgehead atoms. The molecular weight excluding hydrogens is 755 g/mol. The van der Waals surface area contributed by atoms with Crippen molar-refractivity contribution in [2.45, 2.75) is 0 Å². The summed E-state index contributed by atoms with van der Waals surface area (Å²) in [7, 11) is 0. The summed E-state index contributed by atoms with van der Waals surface area (Å²) in [6.07, 6.45) is 0. The molecular formula is C57H37N5. The van der Waals surface area contributed by atoms with E-state index in [1.165, 1.54) is 49.2 Å². The first kappa shape index (κ1) is 35.5. The van der Waals surface area contributed by atoms with Crippen LogP contribution < -0.4 is 0 Å². The summed E-state index contributed by atoms with van der Waals surface area (Å²) in [6, 6.07) is 79.4. The van der Waals surface area contributed by atoms with E-state index in [1.807, 2.05) is 60.7 Å². The molecule has 0 spiro atoms. The molecule has 12 aromatic rings. The van der Waals surface area contributed by atoms with Crippen LogP contribution in [0, 0.1) is 0 Å². The molecule has 0 radical (unpaired) electrons. The van der Waals surface area contributed by atoms with Gasteiger partial charge in [0, 0.05) is 49.6 Å². The van der Waals surface area contributed by atoms with Gasteiger partial charge >= 0.3 is 0 Å². The number of benzene rings is 9. The second-order valence-corrected chi connectivity index (χ2v) is 15.7. The Bertz CT molecular complexity index is 3550. The summed E-state index contributed by atoms with van der Waals surface area (Å²) >= 11 is 0. The third-order valence-electron chi connectivity index (χ3n) is 12.0. The molecule has 0 fully saturated rings. The van der Waals surface area contributed by atoms with Crippen LogP contribution in [0.25, 0.3) is 111 Å². The van der Waals surface area contributed by atoms with Crippen molar-refractivity contribution < 1.29 is 0 Å². The average Bonchev–Trinajstić information content (AvgIpc) is 3.87. The molecule has 0 aliphatic rings. The van der Waals surface area contributed by atoms with Gasteiger partial charge in [-0.25, -0.2) is 15.0 Å². The van der Waals surface area contributed by atoms with E-state index in [9.17, 15) is 0 Å². The lowest BCUT2D eigenvalue weighted by Crippen LogP contribution is -2.00. The van der Waals surface area contributed by atoms with E-state index in [4.69, 9.17) is 15.0 Å². The fourth-order valence-electron chi connectivity index (χ4n) is 9.02. The number of rotatable bonds is 7. The largest absolute Gasteiger partial charge is 0.309 e. The van der Waals surface area contributed by atoms with Crippen molar-refractivity contribution in [3.8, 4) is 67.8 Å². The predicted molar refractivity (Wildman–Crippen MR) is 256 cm³/mol. The first-order valence-corrected chi connectivity index (χ1v) is 20.9. The van der Waals surface area contributed by atoms with Crippen molar-refractivity contribution >= 4 is 43.6 Å². The van der Waals surface area contributed by atoms with Gasteiger partial charge in [0.15, 0.2) is 17.5 Å². The van der Waals surface area contributed by atoms with Gasteiger partial charge in [-0.3, -0.25) is 0 Å². The molecule has 3 heterocycles. The highest BCUT2D eigenvalue weighted by Crippen LogP contribution is 2.38. The van der Waals surface area contributed by atoms with Gasteiger partial charge in [0.25, 0.3) is 0 Å². The monoisotopic (exact) mass is 791 g/mol.